The van der Waals surface area contributed by atoms with Crippen LogP contribution >= 0.6 is 15.9 Å². The predicted molar refractivity (Wildman–Crippen MR) is 97.7 cm³/mol. The Morgan fingerprint density at radius 3 is 2.43 bits per heavy atom. The quantitative estimate of drug-likeness (QED) is 0.774. The normalized spacial score (nSPS) is 11.8. The number of carbonyl (C=O) groups is 1. The van der Waals surface area contributed by atoms with Crippen molar-refractivity contribution in [1.29, 1.82) is 0 Å². The summed E-state index contributed by atoms with van der Waals surface area (Å²) >= 11 is 3.37. The summed E-state index contributed by atoms with van der Waals surface area (Å²) < 4.78 is 0.965. The van der Waals surface area contributed by atoms with Crippen LogP contribution in [-0.2, 0) is 4.79 Å². The van der Waals surface area contributed by atoms with Crippen LogP contribution in [-0.4, -0.2) is 30.2 Å². The lowest BCUT2D eigenvalue weighted by Gasteiger charge is -2.26. The molecule has 0 saturated heterocycles. The number of aliphatic hydroxyl groups is 1. The second-order valence-electron chi connectivity index (χ2n) is 5.33. The van der Waals surface area contributed by atoms with Crippen molar-refractivity contribution in [3.8, 4) is 0 Å². The highest BCUT2D eigenvalue weighted by molar-refractivity contribution is 9.10. The van der Waals surface area contributed by atoms with Gasteiger partial charge in [0.05, 0.1) is 12.6 Å². The summed E-state index contributed by atoms with van der Waals surface area (Å²) in [7, 11) is 0. The first-order valence-electron chi connectivity index (χ1n) is 7.62. The number of anilines is 2. The van der Waals surface area contributed by atoms with E-state index in [1.807, 2.05) is 66.4 Å². The fourth-order valence-electron chi connectivity index (χ4n) is 2.19. The Morgan fingerprint density at radius 1 is 1.17 bits per heavy atom. The summed E-state index contributed by atoms with van der Waals surface area (Å²) in [6.07, 6.45) is 0.188. The van der Waals surface area contributed by atoms with E-state index in [9.17, 15) is 9.90 Å². The van der Waals surface area contributed by atoms with Gasteiger partial charge in [-0.25, -0.2) is 0 Å². The van der Waals surface area contributed by atoms with Gasteiger partial charge in [-0.05, 0) is 42.8 Å². The molecule has 5 heteroatoms. The number of hydrogen-bond acceptors (Lipinski definition) is 3. The summed E-state index contributed by atoms with van der Waals surface area (Å²) in [6.45, 7) is 2.54. The van der Waals surface area contributed by atoms with Gasteiger partial charge in [0.25, 0.3) is 0 Å². The number of rotatable bonds is 7. The molecule has 2 rings (SSSR count). The van der Waals surface area contributed by atoms with Crippen LogP contribution in [0.25, 0.3) is 0 Å². The van der Waals surface area contributed by atoms with E-state index in [0.717, 1.165) is 15.8 Å². The summed E-state index contributed by atoms with van der Waals surface area (Å²) in [6, 6.07) is 17.1. The Kier molecular flexibility index (Phi) is 6.62. The van der Waals surface area contributed by atoms with Crippen LogP contribution < -0.4 is 10.2 Å². The van der Waals surface area contributed by atoms with E-state index in [4.69, 9.17) is 0 Å². The van der Waals surface area contributed by atoms with E-state index in [-0.39, 0.29) is 12.5 Å². The Balaban J connectivity index is 2.04. The molecule has 2 aromatic rings. The topological polar surface area (TPSA) is 52.6 Å². The number of amides is 1. The minimum Gasteiger partial charge on any atom is -0.391 e. The fourth-order valence-corrected chi connectivity index (χ4v) is 2.45. The number of nitrogens with one attached hydrogen (secondary N) is 1. The maximum absolute atomic E-state index is 12.3. The van der Waals surface area contributed by atoms with Gasteiger partial charge in [0, 0.05) is 22.4 Å². The van der Waals surface area contributed by atoms with Crippen molar-refractivity contribution in [3.05, 3.63) is 59.1 Å². The standard InChI is InChI=1S/C18H21BrN2O2/c1-2-17(22)12-21(16-6-4-3-5-7-16)13-18(23)20-15-10-8-14(19)9-11-15/h3-11,17,22H,2,12-13H2,1H3,(H,20,23). The smallest absolute Gasteiger partial charge is 0.243 e. The van der Waals surface area contributed by atoms with Crippen molar-refractivity contribution in [3.63, 3.8) is 0 Å². The third-order valence-electron chi connectivity index (χ3n) is 3.49. The van der Waals surface area contributed by atoms with Crippen molar-refractivity contribution in [1.82, 2.24) is 0 Å². The van der Waals surface area contributed by atoms with Gasteiger partial charge in [0.2, 0.25) is 5.91 Å². The average molecular weight is 377 g/mol. The summed E-state index contributed by atoms with van der Waals surface area (Å²) in [5.41, 5.74) is 1.67. The van der Waals surface area contributed by atoms with Crippen molar-refractivity contribution in [2.45, 2.75) is 19.4 Å². The second kappa shape index (κ2) is 8.70. The van der Waals surface area contributed by atoms with E-state index in [1.54, 1.807) is 0 Å². The molecule has 0 aliphatic heterocycles. The number of para-hydroxylation sites is 1. The van der Waals surface area contributed by atoms with Crippen LogP contribution in [0.15, 0.2) is 59.1 Å². The fraction of sp³-hybridized carbons (Fsp3) is 0.278. The maximum Gasteiger partial charge on any atom is 0.243 e. The molecule has 0 fully saturated rings. The molecule has 1 atom stereocenters. The first-order chi connectivity index (χ1) is 11.1. The molecule has 2 N–H and O–H groups in total. The monoisotopic (exact) mass is 376 g/mol. The molecule has 0 heterocycles. The lowest BCUT2D eigenvalue weighted by Crippen LogP contribution is -2.38. The zero-order valence-corrected chi connectivity index (χ0v) is 14.7. The molecule has 4 nitrogen and oxygen atoms in total. The van der Waals surface area contributed by atoms with Gasteiger partial charge >= 0.3 is 0 Å². The van der Waals surface area contributed by atoms with Gasteiger partial charge < -0.3 is 15.3 Å². The zero-order valence-electron chi connectivity index (χ0n) is 13.1. The number of carbonyl (C=O) groups excluding carboxylic acids is 1. The first kappa shape index (κ1) is 17.5. The lowest BCUT2D eigenvalue weighted by atomic mass is 10.2. The molecule has 23 heavy (non-hydrogen) atoms. The predicted octanol–water partition coefficient (Wildman–Crippen LogP) is 3.67. The summed E-state index contributed by atoms with van der Waals surface area (Å²) in [4.78, 5) is 14.2. The van der Waals surface area contributed by atoms with Crippen molar-refractivity contribution in [2.75, 3.05) is 23.3 Å². The van der Waals surface area contributed by atoms with E-state index in [1.165, 1.54) is 0 Å². The van der Waals surface area contributed by atoms with Crippen molar-refractivity contribution < 1.29 is 9.90 Å². The van der Waals surface area contributed by atoms with E-state index < -0.39 is 6.10 Å². The van der Waals surface area contributed by atoms with Crippen LogP contribution in [0.5, 0.6) is 0 Å². The van der Waals surface area contributed by atoms with E-state index in [2.05, 4.69) is 21.2 Å². The molecule has 2 aromatic carbocycles. The minimum atomic E-state index is -0.462. The summed E-state index contributed by atoms with van der Waals surface area (Å²) in [5.74, 6) is -0.112. The van der Waals surface area contributed by atoms with Gasteiger partial charge in [-0.1, -0.05) is 41.1 Å². The molecule has 0 saturated carbocycles. The van der Waals surface area contributed by atoms with Crippen LogP contribution in [0.1, 0.15) is 13.3 Å². The Hall–Kier alpha value is -1.85. The molecule has 0 aromatic heterocycles. The number of nitrogens with zero attached hydrogens (tertiary/aromatic N) is 1. The number of aliphatic hydroxyl groups excluding tert-OH is 1. The summed E-state index contributed by atoms with van der Waals surface area (Å²) in [5, 5.41) is 12.8. The van der Waals surface area contributed by atoms with Crippen LogP contribution in [0, 0.1) is 0 Å². The molecule has 0 aliphatic carbocycles. The third kappa shape index (κ3) is 5.69. The van der Waals surface area contributed by atoms with Gasteiger partial charge in [0.1, 0.15) is 0 Å². The van der Waals surface area contributed by atoms with Crippen LogP contribution in [0.4, 0.5) is 11.4 Å². The molecule has 122 valence electrons. The minimum absolute atomic E-state index is 0.112. The SMILES string of the molecule is CCC(O)CN(CC(=O)Nc1ccc(Br)cc1)c1ccccc1. The molecule has 0 spiro atoms. The van der Waals surface area contributed by atoms with Gasteiger partial charge in [-0.3, -0.25) is 4.79 Å². The molecule has 0 bridgehead atoms. The largest absolute Gasteiger partial charge is 0.391 e. The molecular weight excluding hydrogens is 356 g/mol. The maximum atomic E-state index is 12.3. The molecule has 1 amide bonds. The second-order valence-corrected chi connectivity index (χ2v) is 6.25. The van der Waals surface area contributed by atoms with E-state index in [0.29, 0.717) is 13.0 Å². The lowest BCUT2D eigenvalue weighted by molar-refractivity contribution is -0.115. The average Bonchev–Trinajstić information content (AvgIpc) is 2.57. The Bertz CT molecular complexity index is 617. The highest BCUT2D eigenvalue weighted by Gasteiger charge is 2.15. The highest BCUT2D eigenvalue weighted by Crippen LogP contribution is 2.16. The van der Waals surface area contributed by atoms with Crippen LogP contribution in [0.2, 0.25) is 0 Å². The van der Waals surface area contributed by atoms with Gasteiger partial charge in [-0.2, -0.15) is 0 Å². The first-order valence-corrected chi connectivity index (χ1v) is 8.41. The molecule has 1 unspecified atom stereocenters. The van der Waals surface area contributed by atoms with Gasteiger partial charge in [-0.15, -0.1) is 0 Å². The van der Waals surface area contributed by atoms with Crippen molar-refractivity contribution in [2.24, 2.45) is 0 Å². The molecule has 0 aliphatic rings. The van der Waals surface area contributed by atoms with Crippen LogP contribution in [0.3, 0.4) is 0 Å². The van der Waals surface area contributed by atoms with E-state index >= 15 is 0 Å². The number of benzene rings is 2. The highest BCUT2D eigenvalue weighted by atomic mass is 79.9. The third-order valence-corrected chi connectivity index (χ3v) is 4.01. The Labute approximate surface area is 145 Å². The molecule has 0 radical (unpaired) electrons. The Morgan fingerprint density at radius 2 is 1.83 bits per heavy atom. The van der Waals surface area contributed by atoms with Gasteiger partial charge in [0.15, 0.2) is 0 Å². The van der Waals surface area contributed by atoms with Crippen molar-refractivity contribution >= 4 is 33.2 Å². The number of hydrogen-bond donors (Lipinski definition) is 2. The number of halogens is 1. The molecular formula is C18H21BrN2O2. The zero-order chi connectivity index (χ0) is 16.7.